The number of nitrogens with zero attached hydrogens (tertiary/aromatic N) is 2. The zero-order valence-electron chi connectivity index (χ0n) is 9.75. The van der Waals surface area contributed by atoms with Crippen LogP contribution in [-0.2, 0) is 4.79 Å². The molecule has 7 heteroatoms. The molecule has 1 aliphatic rings. The van der Waals surface area contributed by atoms with Gasteiger partial charge in [0.05, 0.1) is 17.1 Å². The van der Waals surface area contributed by atoms with E-state index in [0.29, 0.717) is 17.7 Å². The van der Waals surface area contributed by atoms with E-state index in [9.17, 15) is 10.0 Å². The Morgan fingerprint density at radius 1 is 1.61 bits per heavy atom. The maximum Gasteiger partial charge on any atom is 0.240 e. The fraction of sp³-hybridized carbons (Fsp3) is 0.273. The van der Waals surface area contributed by atoms with E-state index in [2.05, 4.69) is 10.5 Å². The Labute approximate surface area is 103 Å². The Morgan fingerprint density at radius 3 is 2.94 bits per heavy atom. The quantitative estimate of drug-likeness (QED) is 0.530. The molecule has 96 valence electrons. The highest BCUT2D eigenvalue weighted by molar-refractivity contribution is 6.06. The zero-order valence-corrected chi connectivity index (χ0v) is 9.75. The third-order valence-corrected chi connectivity index (χ3v) is 2.79. The number of amides is 1. The molecule has 0 radical (unpaired) electrons. The minimum atomic E-state index is -0.286. The minimum Gasteiger partial charge on any atom is -0.733 e. The number of hydrogen-bond acceptors (Lipinski definition) is 6. The lowest BCUT2D eigenvalue weighted by Crippen LogP contribution is -2.32. The van der Waals surface area contributed by atoms with E-state index < -0.39 is 0 Å². The number of rotatable bonds is 2. The summed E-state index contributed by atoms with van der Waals surface area (Å²) in [7, 11) is 0. The van der Waals surface area contributed by atoms with Crippen LogP contribution in [0.4, 0.5) is 11.4 Å². The number of hydrazone groups is 1. The van der Waals surface area contributed by atoms with E-state index in [-0.39, 0.29) is 28.4 Å². The maximum atomic E-state index is 11.1. The predicted octanol–water partition coefficient (Wildman–Crippen LogP) is 0.822. The van der Waals surface area contributed by atoms with E-state index in [1.54, 1.807) is 6.07 Å². The Morgan fingerprint density at radius 2 is 2.33 bits per heavy atom. The lowest BCUT2D eigenvalue weighted by molar-refractivity contribution is -0.121. The van der Waals surface area contributed by atoms with Crippen molar-refractivity contribution in [2.75, 3.05) is 11.0 Å². The SMILES string of the molecule is CC1CC(=O)NN=C1c1ccc(N)c(N([O-])O)c1. The van der Waals surface area contributed by atoms with Crippen molar-refractivity contribution < 1.29 is 10.0 Å². The van der Waals surface area contributed by atoms with Gasteiger partial charge in [-0.1, -0.05) is 13.0 Å². The van der Waals surface area contributed by atoms with Crippen molar-refractivity contribution in [2.45, 2.75) is 13.3 Å². The lowest BCUT2D eigenvalue weighted by Gasteiger charge is -2.25. The molecule has 7 nitrogen and oxygen atoms in total. The van der Waals surface area contributed by atoms with Gasteiger partial charge in [0, 0.05) is 17.9 Å². The van der Waals surface area contributed by atoms with E-state index >= 15 is 0 Å². The van der Waals surface area contributed by atoms with Gasteiger partial charge in [-0.3, -0.25) is 10.0 Å². The molecular formula is C11H13N4O3-. The molecule has 1 aromatic rings. The summed E-state index contributed by atoms with van der Waals surface area (Å²) in [6, 6.07) is 4.64. The third kappa shape index (κ3) is 2.27. The maximum absolute atomic E-state index is 11.1. The van der Waals surface area contributed by atoms with Crippen molar-refractivity contribution in [3.8, 4) is 0 Å². The van der Waals surface area contributed by atoms with Gasteiger partial charge in [0.2, 0.25) is 5.91 Å². The first-order valence-corrected chi connectivity index (χ1v) is 5.41. The number of benzene rings is 1. The molecule has 1 aromatic carbocycles. The Hall–Kier alpha value is -2.12. The molecule has 1 unspecified atom stereocenters. The van der Waals surface area contributed by atoms with Crippen molar-refractivity contribution in [2.24, 2.45) is 11.0 Å². The van der Waals surface area contributed by atoms with Gasteiger partial charge in [-0.05, 0) is 12.1 Å². The van der Waals surface area contributed by atoms with E-state index in [1.165, 1.54) is 12.1 Å². The van der Waals surface area contributed by atoms with Gasteiger partial charge in [-0.25, -0.2) is 5.43 Å². The average molecular weight is 249 g/mol. The monoisotopic (exact) mass is 249 g/mol. The molecule has 0 bridgehead atoms. The van der Waals surface area contributed by atoms with Crippen molar-refractivity contribution in [3.63, 3.8) is 0 Å². The summed E-state index contributed by atoms with van der Waals surface area (Å²) >= 11 is 0. The van der Waals surface area contributed by atoms with Crippen LogP contribution < -0.4 is 16.4 Å². The van der Waals surface area contributed by atoms with Crippen LogP contribution in [-0.4, -0.2) is 16.8 Å². The highest BCUT2D eigenvalue weighted by Crippen LogP contribution is 2.25. The van der Waals surface area contributed by atoms with Crippen LogP contribution in [0.2, 0.25) is 0 Å². The Balaban J connectivity index is 2.40. The average Bonchev–Trinajstić information content (AvgIpc) is 2.30. The number of nitrogens with two attached hydrogens (primary N) is 1. The van der Waals surface area contributed by atoms with Crippen LogP contribution in [0.15, 0.2) is 23.3 Å². The van der Waals surface area contributed by atoms with Crippen molar-refractivity contribution >= 4 is 23.0 Å². The summed E-state index contributed by atoms with van der Waals surface area (Å²) in [5, 5.41) is 23.5. The molecule has 0 saturated heterocycles. The molecular weight excluding hydrogens is 236 g/mol. The minimum absolute atomic E-state index is 0.0423. The molecule has 0 aromatic heterocycles. The summed E-state index contributed by atoms with van der Waals surface area (Å²) in [4.78, 5) is 11.1. The summed E-state index contributed by atoms with van der Waals surface area (Å²) in [6.45, 7) is 1.86. The van der Waals surface area contributed by atoms with Gasteiger partial charge in [-0.2, -0.15) is 5.10 Å². The van der Waals surface area contributed by atoms with Gasteiger partial charge in [0.15, 0.2) is 0 Å². The molecule has 4 N–H and O–H groups in total. The molecule has 1 atom stereocenters. The second kappa shape index (κ2) is 4.63. The van der Waals surface area contributed by atoms with Gasteiger partial charge in [0.1, 0.15) is 0 Å². The van der Waals surface area contributed by atoms with Gasteiger partial charge in [-0.15, -0.1) is 0 Å². The van der Waals surface area contributed by atoms with Gasteiger partial charge in [0.25, 0.3) is 0 Å². The predicted molar refractivity (Wildman–Crippen MR) is 66.9 cm³/mol. The van der Waals surface area contributed by atoms with Crippen molar-refractivity contribution in [1.29, 1.82) is 0 Å². The fourth-order valence-electron chi connectivity index (χ4n) is 1.87. The number of nitrogen functional groups attached to an aromatic ring is 1. The molecule has 1 heterocycles. The molecule has 0 fully saturated rings. The first-order valence-electron chi connectivity index (χ1n) is 5.41. The highest BCUT2D eigenvalue weighted by atomic mass is 16.8. The standard InChI is InChI=1S/C11H13N4O3/c1-6-4-10(16)13-14-11(6)7-2-3-8(12)9(5-7)15(17)18/h2-3,5-6,17H,4,12H2,1H3,(H,13,16)/q-1. The second-order valence-electron chi connectivity index (χ2n) is 4.18. The number of anilines is 2. The number of nitrogens with one attached hydrogen (secondary N) is 1. The van der Waals surface area contributed by atoms with Gasteiger partial charge < -0.3 is 16.2 Å². The highest BCUT2D eigenvalue weighted by Gasteiger charge is 2.22. The van der Waals surface area contributed by atoms with E-state index in [0.717, 1.165) is 0 Å². The molecule has 0 spiro atoms. The van der Waals surface area contributed by atoms with Crippen LogP contribution in [0.25, 0.3) is 0 Å². The van der Waals surface area contributed by atoms with Crippen LogP contribution >= 0.6 is 0 Å². The van der Waals surface area contributed by atoms with E-state index in [1.807, 2.05) is 6.92 Å². The van der Waals surface area contributed by atoms with Crippen molar-refractivity contribution in [3.05, 3.63) is 29.0 Å². The summed E-state index contributed by atoms with van der Waals surface area (Å²) in [5.74, 6) is -0.205. The molecule has 1 aliphatic heterocycles. The summed E-state index contributed by atoms with van der Waals surface area (Å²) < 4.78 is 0. The van der Waals surface area contributed by atoms with Crippen LogP contribution in [0.3, 0.4) is 0 Å². The Kier molecular flexibility index (Phi) is 3.17. The molecule has 1 amide bonds. The third-order valence-electron chi connectivity index (χ3n) is 2.79. The van der Waals surface area contributed by atoms with Crippen LogP contribution in [0.1, 0.15) is 18.9 Å². The number of hydrogen-bond donors (Lipinski definition) is 3. The van der Waals surface area contributed by atoms with Crippen LogP contribution in [0, 0.1) is 11.1 Å². The first-order chi connectivity index (χ1) is 8.49. The van der Waals surface area contributed by atoms with Crippen molar-refractivity contribution in [1.82, 2.24) is 5.43 Å². The molecule has 2 rings (SSSR count). The van der Waals surface area contributed by atoms with E-state index in [4.69, 9.17) is 10.9 Å². The number of carbonyl (C=O) groups is 1. The summed E-state index contributed by atoms with van der Waals surface area (Å²) in [6.07, 6.45) is 0.332. The smallest absolute Gasteiger partial charge is 0.240 e. The topological polar surface area (TPSA) is 114 Å². The summed E-state index contributed by atoms with van der Waals surface area (Å²) in [5.41, 5.74) is 9.37. The second-order valence-corrected chi connectivity index (χ2v) is 4.18. The lowest BCUT2D eigenvalue weighted by atomic mass is 9.93. The normalized spacial score (nSPS) is 19.2. The molecule has 0 aliphatic carbocycles. The largest absolute Gasteiger partial charge is 0.733 e. The van der Waals surface area contributed by atoms with Gasteiger partial charge >= 0.3 is 0 Å². The zero-order chi connectivity index (χ0) is 13.3. The first kappa shape index (κ1) is 12.3. The molecule has 18 heavy (non-hydrogen) atoms. The molecule has 0 saturated carbocycles. The fourth-order valence-corrected chi connectivity index (χ4v) is 1.87. The Bertz CT molecular complexity index is 513. The van der Waals surface area contributed by atoms with Crippen LogP contribution in [0.5, 0.6) is 0 Å². The number of carbonyl (C=O) groups excluding carboxylic acids is 1.